The lowest BCUT2D eigenvalue weighted by Crippen LogP contribution is -2.33. The van der Waals surface area contributed by atoms with Gasteiger partial charge in [0.2, 0.25) is 0 Å². The summed E-state index contributed by atoms with van der Waals surface area (Å²) in [4.78, 5) is 0. The number of rotatable bonds is 5. The average Bonchev–Trinajstić information content (AvgIpc) is 1.95. The summed E-state index contributed by atoms with van der Waals surface area (Å²) in [5, 5.41) is 0. The quantitative estimate of drug-likeness (QED) is 0.657. The predicted molar refractivity (Wildman–Crippen MR) is 46.4 cm³/mol. The van der Waals surface area contributed by atoms with Gasteiger partial charge in [0.1, 0.15) is 0 Å². The van der Waals surface area contributed by atoms with Crippen LogP contribution in [0.25, 0.3) is 0 Å². The van der Waals surface area contributed by atoms with Crippen LogP contribution >= 0.6 is 0 Å². The van der Waals surface area contributed by atoms with Gasteiger partial charge in [-0.1, -0.05) is 6.42 Å². The van der Waals surface area contributed by atoms with E-state index in [0.29, 0.717) is 5.41 Å². The first-order chi connectivity index (χ1) is 5.33. The summed E-state index contributed by atoms with van der Waals surface area (Å²) in [5.41, 5.74) is 6.13. The number of ether oxygens (including phenoxy) is 1. The third-order valence-electron chi connectivity index (χ3n) is 2.93. The summed E-state index contributed by atoms with van der Waals surface area (Å²) >= 11 is 0. The van der Waals surface area contributed by atoms with Gasteiger partial charge in [0, 0.05) is 13.7 Å². The topological polar surface area (TPSA) is 35.2 Å². The molecule has 1 aliphatic rings. The Hall–Kier alpha value is -0.0800. The van der Waals surface area contributed by atoms with E-state index in [0.717, 1.165) is 13.2 Å². The van der Waals surface area contributed by atoms with Crippen molar-refractivity contribution in [1.29, 1.82) is 0 Å². The molecule has 0 unspecified atom stereocenters. The van der Waals surface area contributed by atoms with E-state index in [1.165, 1.54) is 32.1 Å². The van der Waals surface area contributed by atoms with E-state index in [1.807, 2.05) is 0 Å². The maximum absolute atomic E-state index is 5.55. The molecule has 0 aromatic carbocycles. The van der Waals surface area contributed by atoms with Crippen molar-refractivity contribution in [3.8, 4) is 0 Å². The Morgan fingerprint density at radius 1 is 1.36 bits per heavy atom. The zero-order valence-electron chi connectivity index (χ0n) is 7.44. The highest BCUT2D eigenvalue weighted by atomic mass is 16.5. The summed E-state index contributed by atoms with van der Waals surface area (Å²) in [6.45, 7) is 1.74. The zero-order chi connectivity index (χ0) is 8.16. The Balaban J connectivity index is 2.22. The highest BCUT2D eigenvalue weighted by Gasteiger charge is 2.35. The van der Waals surface area contributed by atoms with Crippen LogP contribution in [-0.4, -0.2) is 20.3 Å². The lowest BCUT2D eigenvalue weighted by molar-refractivity contribution is 0.0637. The molecule has 1 saturated carbocycles. The Labute approximate surface area is 69.1 Å². The molecule has 2 nitrogen and oxygen atoms in total. The molecule has 1 rings (SSSR count). The average molecular weight is 157 g/mol. The van der Waals surface area contributed by atoms with Gasteiger partial charge in [0.25, 0.3) is 0 Å². The van der Waals surface area contributed by atoms with Gasteiger partial charge in [-0.3, -0.25) is 0 Å². The second-order valence-electron chi connectivity index (χ2n) is 3.64. The molecule has 66 valence electrons. The number of hydrogen-bond acceptors (Lipinski definition) is 2. The summed E-state index contributed by atoms with van der Waals surface area (Å²) in [6.07, 6.45) is 6.53. The molecular weight excluding hydrogens is 138 g/mol. The van der Waals surface area contributed by atoms with Crippen molar-refractivity contribution in [2.24, 2.45) is 11.1 Å². The van der Waals surface area contributed by atoms with Gasteiger partial charge < -0.3 is 10.5 Å². The van der Waals surface area contributed by atoms with Crippen molar-refractivity contribution in [1.82, 2.24) is 0 Å². The van der Waals surface area contributed by atoms with Crippen molar-refractivity contribution in [2.75, 3.05) is 20.3 Å². The van der Waals surface area contributed by atoms with Gasteiger partial charge >= 0.3 is 0 Å². The summed E-state index contributed by atoms with van der Waals surface area (Å²) in [7, 11) is 1.77. The van der Waals surface area contributed by atoms with Crippen LogP contribution in [0.1, 0.15) is 32.1 Å². The summed E-state index contributed by atoms with van der Waals surface area (Å²) < 4.78 is 5.08. The molecule has 0 atom stereocenters. The van der Waals surface area contributed by atoms with E-state index in [2.05, 4.69) is 0 Å². The van der Waals surface area contributed by atoms with Crippen molar-refractivity contribution in [2.45, 2.75) is 32.1 Å². The second kappa shape index (κ2) is 4.07. The van der Waals surface area contributed by atoms with Crippen LogP contribution in [0.5, 0.6) is 0 Å². The minimum atomic E-state index is 0.574. The van der Waals surface area contributed by atoms with Gasteiger partial charge in [-0.05, 0) is 37.6 Å². The predicted octanol–water partition coefficient (Wildman–Crippen LogP) is 1.54. The molecule has 11 heavy (non-hydrogen) atoms. The van der Waals surface area contributed by atoms with Crippen LogP contribution in [0.3, 0.4) is 0 Å². The monoisotopic (exact) mass is 157 g/mol. The number of hydrogen-bond donors (Lipinski definition) is 1. The van der Waals surface area contributed by atoms with E-state index >= 15 is 0 Å². The standard InChI is InChI=1S/C9H19NO/c1-11-8-6-9(5-7-10)3-2-4-9/h2-8,10H2,1H3. The molecule has 0 bridgehead atoms. The Morgan fingerprint density at radius 3 is 2.45 bits per heavy atom. The third-order valence-corrected chi connectivity index (χ3v) is 2.93. The number of methoxy groups -OCH3 is 1. The zero-order valence-corrected chi connectivity index (χ0v) is 7.44. The fourth-order valence-electron chi connectivity index (χ4n) is 1.93. The first-order valence-electron chi connectivity index (χ1n) is 4.52. The highest BCUT2D eigenvalue weighted by Crippen LogP contribution is 2.46. The first kappa shape index (κ1) is 9.01. The molecule has 0 saturated heterocycles. The van der Waals surface area contributed by atoms with Crippen molar-refractivity contribution < 1.29 is 4.74 Å². The maximum atomic E-state index is 5.55. The van der Waals surface area contributed by atoms with Crippen molar-refractivity contribution in [3.63, 3.8) is 0 Å². The van der Waals surface area contributed by atoms with Gasteiger partial charge in [0.05, 0.1) is 0 Å². The lowest BCUT2D eigenvalue weighted by atomic mass is 9.65. The largest absolute Gasteiger partial charge is 0.385 e. The van der Waals surface area contributed by atoms with Gasteiger partial charge in [-0.15, -0.1) is 0 Å². The van der Waals surface area contributed by atoms with E-state index in [4.69, 9.17) is 10.5 Å². The minimum absolute atomic E-state index is 0.574. The summed E-state index contributed by atoms with van der Waals surface area (Å²) in [5.74, 6) is 0. The fourth-order valence-corrected chi connectivity index (χ4v) is 1.93. The van der Waals surface area contributed by atoms with Crippen LogP contribution in [0.15, 0.2) is 0 Å². The van der Waals surface area contributed by atoms with E-state index in [1.54, 1.807) is 7.11 Å². The second-order valence-corrected chi connectivity index (χ2v) is 3.64. The van der Waals surface area contributed by atoms with Gasteiger partial charge in [-0.25, -0.2) is 0 Å². The Bertz CT molecular complexity index is 110. The molecule has 2 N–H and O–H groups in total. The maximum Gasteiger partial charge on any atom is 0.0467 e. The van der Waals surface area contributed by atoms with Crippen molar-refractivity contribution >= 4 is 0 Å². The Morgan fingerprint density at radius 2 is 2.09 bits per heavy atom. The molecule has 2 heteroatoms. The van der Waals surface area contributed by atoms with Gasteiger partial charge in [0.15, 0.2) is 0 Å². The lowest BCUT2D eigenvalue weighted by Gasteiger charge is -2.41. The number of nitrogens with two attached hydrogens (primary N) is 1. The highest BCUT2D eigenvalue weighted by molar-refractivity contribution is 4.87. The van der Waals surface area contributed by atoms with Crippen LogP contribution in [0.2, 0.25) is 0 Å². The van der Waals surface area contributed by atoms with E-state index in [9.17, 15) is 0 Å². The minimum Gasteiger partial charge on any atom is -0.385 e. The molecule has 0 amide bonds. The van der Waals surface area contributed by atoms with E-state index < -0.39 is 0 Å². The molecule has 0 radical (unpaired) electrons. The van der Waals surface area contributed by atoms with Crippen LogP contribution in [0.4, 0.5) is 0 Å². The molecule has 0 aromatic rings. The molecule has 0 spiro atoms. The van der Waals surface area contributed by atoms with E-state index in [-0.39, 0.29) is 0 Å². The molecule has 0 aromatic heterocycles. The molecule has 1 aliphatic carbocycles. The van der Waals surface area contributed by atoms with Crippen LogP contribution < -0.4 is 5.73 Å². The molecule has 0 aliphatic heterocycles. The fraction of sp³-hybridized carbons (Fsp3) is 1.00. The smallest absolute Gasteiger partial charge is 0.0467 e. The van der Waals surface area contributed by atoms with Gasteiger partial charge in [-0.2, -0.15) is 0 Å². The first-order valence-corrected chi connectivity index (χ1v) is 4.52. The molecule has 0 heterocycles. The van der Waals surface area contributed by atoms with Crippen LogP contribution in [-0.2, 0) is 4.74 Å². The van der Waals surface area contributed by atoms with Crippen LogP contribution in [0, 0.1) is 5.41 Å². The SMILES string of the molecule is COCCC1(CCN)CCC1. The van der Waals surface area contributed by atoms with Crippen molar-refractivity contribution in [3.05, 3.63) is 0 Å². The summed E-state index contributed by atoms with van der Waals surface area (Å²) in [6, 6.07) is 0. The molecular formula is C9H19NO. The molecule has 1 fully saturated rings. The Kier molecular flexibility index (Phi) is 3.34. The normalized spacial score (nSPS) is 21.3. The third kappa shape index (κ3) is 2.17.